The Balaban J connectivity index is 2.02. The van der Waals surface area contributed by atoms with Crippen LogP contribution >= 0.6 is 0 Å². The number of hydrogen-bond donors (Lipinski definition) is 0. The third kappa shape index (κ3) is 5.83. The molecule has 0 N–H and O–H groups in total. The van der Waals surface area contributed by atoms with Crippen LogP contribution in [-0.2, 0) is 28.5 Å². The molecule has 0 atom stereocenters. The topological polar surface area (TPSA) is 0 Å². The van der Waals surface area contributed by atoms with Crippen molar-refractivity contribution in [1.29, 1.82) is 0 Å². The summed E-state index contributed by atoms with van der Waals surface area (Å²) in [6.45, 7) is 0. The maximum absolute atomic E-state index is 3.08. The summed E-state index contributed by atoms with van der Waals surface area (Å²) >= 11 is -7.60. The van der Waals surface area contributed by atoms with Gasteiger partial charge >= 0.3 is 218 Å². The summed E-state index contributed by atoms with van der Waals surface area (Å²) in [6.07, 6.45) is 12.6. The first kappa shape index (κ1) is 26.0. The molecule has 172 valence electrons. The number of benzene rings is 2. The molecular weight excluding hydrogens is 689 g/mol. The molecule has 0 amide bonds. The molecule has 0 aromatic heterocycles. The van der Waals surface area contributed by atoms with Gasteiger partial charge in [0.05, 0.1) is 0 Å². The summed E-state index contributed by atoms with van der Waals surface area (Å²) in [6, 6.07) is 23.0. The number of hydrogen-bond acceptors (Lipinski definition) is 0. The van der Waals surface area contributed by atoms with Gasteiger partial charge in [-0.1, -0.05) is 0 Å². The van der Waals surface area contributed by atoms with Crippen LogP contribution in [0.25, 0.3) is 0 Å². The van der Waals surface area contributed by atoms with E-state index in [0.717, 1.165) is 0 Å². The Morgan fingerprint density at radius 2 is 0.939 bits per heavy atom. The molecule has 2 aromatic rings. The molecule has 0 bridgehead atoms. The van der Waals surface area contributed by atoms with Crippen molar-refractivity contribution in [1.82, 2.24) is 0 Å². The molecule has 0 nitrogen and oxygen atoms in total. The van der Waals surface area contributed by atoms with Crippen LogP contribution in [0.15, 0.2) is 98.7 Å². The van der Waals surface area contributed by atoms with Gasteiger partial charge in [0, 0.05) is 0 Å². The van der Waals surface area contributed by atoms with E-state index in [1.165, 1.54) is 21.1 Å². The second-order valence-electron chi connectivity index (χ2n) is 11.9. The van der Waals surface area contributed by atoms with Crippen molar-refractivity contribution in [3.63, 3.8) is 0 Å². The van der Waals surface area contributed by atoms with Crippen molar-refractivity contribution in [2.45, 2.75) is 50.7 Å². The van der Waals surface area contributed by atoms with Crippen LogP contribution in [0, 0.1) is 0 Å². The quantitative estimate of drug-likeness (QED) is 0.239. The Labute approximate surface area is 215 Å². The van der Waals surface area contributed by atoms with E-state index in [1.807, 2.05) is 13.7 Å². The predicted molar refractivity (Wildman–Crippen MR) is 149 cm³/mol. The van der Waals surface area contributed by atoms with Gasteiger partial charge in [-0.05, 0) is 0 Å². The van der Waals surface area contributed by atoms with Crippen LogP contribution in [0.5, 0.6) is 0 Å². The molecule has 2 aliphatic carbocycles. The van der Waals surface area contributed by atoms with Gasteiger partial charge in [0.1, 0.15) is 0 Å². The molecule has 33 heavy (non-hydrogen) atoms. The summed E-state index contributed by atoms with van der Waals surface area (Å²) in [4.78, 5) is 15.8. The van der Waals surface area contributed by atoms with Crippen molar-refractivity contribution >= 4 is 36.8 Å². The predicted octanol–water partition coefficient (Wildman–Crippen LogP) is 8.72. The van der Waals surface area contributed by atoms with Gasteiger partial charge in [-0.25, -0.2) is 0 Å². The van der Waals surface area contributed by atoms with Crippen LogP contribution in [0.1, 0.15) is 24.0 Å². The summed E-state index contributed by atoms with van der Waals surface area (Å²) < 4.78 is 10.3. The first-order valence-electron chi connectivity index (χ1n) is 12.5. The third-order valence-corrected chi connectivity index (χ3v) is 35.7. The van der Waals surface area contributed by atoms with E-state index in [-0.39, 0.29) is 0 Å². The molecule has 3 heteroatoms. The minimum absolute atomic E-state index is 1.22. The van der Waals surface area contributed by atoms with E-state index < -0.39 is 57.0 Å². The molecule has 0 aliphatic heterocycles. The zero-order valence-electron chi connectivity index (χ0n) is 21.4. The fraction of sp³-hybridized carbons (Fsp3) is 0.333. The fourth-order valence-corrected chi connectivity index (χ4v) is 48.9. The van der Waals surface area contributed by atoms with Crippen LogP contribution in [0.3, 0.4) is 0 Å². The monoisotopic (exact) mass is 730 g/mol. The Bertz CT molecular complexity index is 1020. The van der Waals surface area contributed by atoms with E-state index in [9.17, 15) is 0 Å². The summed E-state index contributed by atoms with van der Waals surface area (Å²) in [5, 5.41) is 0. The number of allylic oxidation sites excluding steroid dienone is 8. The molecule has 0 radical (unpaired) electrons. The fourth-order valence-electron chi connectivity index (χ4n) is 5.88. The molecular formula is C30H40Sn2Zr. The average molecular weight is 729 g/mol. The second kappa shape index (κ2) is 10.5. The minimum atomic E-state index is -3.08. The summed E-state index contributed by atoms with van der Waals surface area (Å²) in [7, 11) is 0. The van der Waals surface area contributed by atoms with Gasteiger partial charge in [0.15, 0.2) is 0 Å². The van der Waals surface area contributed by atoms with E-state index in [2.05, 4.69) is 115 Å². The van der Waals surface area contributed by atoms with Crippen molar-refractivity contribution in [2.24, 2.45) is 0 Å². The van der Waals surface area contributed by atoms with E-state index in [1.54, 1.807) is 11.1 Å². The van der Waals surface area contributed by atoms with Gasteiger partial charge in [-0.2, -0.15) is 0 Å². The average Bonchev–Trinajstić information content (AvgIpc) is 3.45. The molecule has 0 unspecified atom stereocenters. The van der Waals surface area contributed by atoms with E-state index >= 15 is 0 Å². The summed E-state index contributed by atoms with van der Waals surface area (Å²) in [5.41, 5.74) is 3.13. The maximum atomic E-state index is 2.63. The SMILES string of the molecule is [CH3][Sn]([CH3])([CH3])[C]1=[C]([Zr]([CH2]c2ccccc2)([CH2]c2ccccc2)[C]2=[C]([Sn]([CH3])([CH3])[CH3])C=CC2)CC=C1. The van der Waals surface area contributed by atoms with Crippen LogP contribution in [-0.4, -0.2) is 36.8 Å². The van der Waals surface area contributed by atoms with E-state index in [4.69, 9.17) is 0 Å². The van der Waals surface area contributed by atoms with E-state index in [0.29, 0.717) is 0 Å². The summed E-state index contributed by atoms with van der Waals surface area (Å²) in [5.74, 6) is 0. The molecule has 0 fully saturated rings. The normalized spacial score (nSPS) is 16.9. The van der Waals surface area contributed by atoms with Crippen molar-refractivity contribution in [2.75, 3.05) is 0 Å². The first-order valence-corrected chi connectivity index (χ1v) is 38.4. The Morgan fingerprint density at radius 3 is 1.27 bits per heavy atom. The molecule has 0 heterocycles. The third-order valence-electron chi connectivity index (χ3n) is 7.33. The Morgan fingerprint density at radius 1 is 0.576 bits per heavy atom. The molecule has 0 spiro atoms. The Kier molecular flexibility index (Phi) is 8.24. The number of rotatable bonds is 8. The van der Waals surface area contributed by atoms with Gasteiger partial charge in [0.2, 0.25) is 0 Å². The molecule has 2 aliphatic rings. The Hall–Kier alpha value is -0.119. The van der Waals surface area contributed by atoms with Crippen LogP contribution in [0.2, 0.25) is 29.6 Å². The first-order chi connectivity index (χ1) is 15.6. The zero-order chi connectivity index (χ0) is 23.7. The molecule has 2 aromatic carbocycles. The zero-order valence-corrected chi connectivity index (χ0v) is 29.6. The molecule has 4 rings (SSSR count). The van der Waals surface area contributed by atoms with Crippen LogP contribution < -0.4 is 0 Å². The van der Waals surface area contributed by atoms with Crippen molar-refractivity contribution in [3.05, 3.63) is 110 Å². The van der Waals surface area contributed by atoms with Crippen molar-refractivity contribution in [3.8, 4) is 0 Å². The van der Waals surface area contributed by atoms with Crippen molar-refractivity contribution < 1.29 is 20.3 Å². The molecule has 0 saturated heterocycles. The van der Waals surface area contributed by atoms with Gasteiger partial charge in [-0.3, -0.25) is 0 Å². The van der Waals surface area contributed by atoms with Gasteiger partial charge in [0.25, 0.3) is 0 Å². The van der Waals surface area contributed by atoms with Gasteiger partial charge in [-0.15, -0.1) is 0 Å². The van der Waals surface area contributed by atoms with Gasteiger partial charge < -0.3 is 0 Å². The second-order valence-corrected chi connectivity index (χ2v) is 50.7. The molecule has 0 saturated carbocycles. The van der Waals surface area contributed by atoms with Crippen LogP contribution in [0.4, 0.5) is 0 Å². The standard InChI is InChI=1S/2C7H7.2C5H4.6CH3.2Sn.Zr/c2*1-7-5-3-2-4-6-7;2*1-2-4-5-3-1;;;;;;;;;/h2*2-6H,1H2;2*1-2H,3H2;6*1H3;;;.